The number of amides is 2. The SMILES string of the molecule is CC1c2ccccc2N(C)c2[nH]c3ccc(NC(=O)CNC(=O)[C@@H]4CCCN4)cc3c21. The van der Waals surface area contributed by atoms with Crippen molar-refractivity contribution < 1.29 is 9.59 Å². The van der Waals surface area contributed by atoms with Gasteiger partial charge < -0.3 is 25.8 Å². The smallest absolute Gasteiger partial charge is 0.243 e. The maximum atomic E-state index is 12.4. The Morgan fingerprint density at radius 3 is 2.84 bits per heavy atom. The Labute approximate surface area is 181 Å². The zero-order chi connectivity index (χ0) is 21.5. The molecule has 0 bridgehead atoms. The second-order valence-corrected chi connectivity index (χ2v) is 8.40. The number of hydrogen-bond acceptors (Lipinski definition) is 4. The summed E-state index contributed by atoms with van der Waals surface area (Å²) in [5, 5.41) is 9.88. The van der Waals surface area contributed by atoms with Crippen molar-refractivity contribution in [3.05, 3.63) is 53.6 Å². The molecule has 31 heavy (non-hydrogen) atoms. The van der Waals surface area contributed by atoms with E-state index in [-0.39, 0.29) is 30.3 Å². The van der Waals surface area contributed by atoms with Gasteiger partial charge in [-0.2, -0.15) is 0 Å². The van der Waals surface area contributed by atoms with Crippen molar-refractivity contribution in [1.29, 1.82) is 0 Å². The highest BCUT2D eigenvalue weighted by molar-refractivity contribution is 6.00. The number of anilines is 3. The summed E-state index contributed by atoms with van der Waals surface area (Å²) in [5.41, 5.74) is 5.48. The molecule has 2 atom stereocenters. The van der Waals surface area contributed by atoms with Crippen LogP contribution in [0.3, 0.4) is 0 Å². The van der Waals surface area contributed by atoms with Crippen molar-refractivity contribution in [2.24, 2.45) is 0 Å². The van der Waals surface area contributed by atoms with Gasteiger partial charge in [-0.3, -0.25) is 9.59 Å². The van der Waals surface area contributed by atoms with Gasteiger partial charge in [0.1, 0.15) is 5.82 Å². The summed E-state index contributed by atoms with van der Waals surface area (Å²) >= 11 is 0. The Morgan fingerprint density at radius 2 is 2.03 bits per heavy atom. The van der Waals surface area contributed by atoms with E-state index in [4.69, 9.17) is 0 Å². The summed E-state index contributed by atoms with van der Waals surface area (Å²) in [6, 6.07) is 14.2. The maximum absolute atomic E-state index is 12.4. The quantitative estimate of drug-likeness (QED) is 0.525. The van der Waals surface area contributed by atoms with Crippen molar-refractivity contribution in [3.63, 3.8) is 0 Å². The highest BCUT2D eigenvalue weighted by atomic mass is 16.2. The van der Waals surface area contributed by atoms with E-state index in [1.54, 1.807) is 0 Å². The van der Waals surface area contributed by atoms with Crippen molar-refractivity contribution >= 4 is 39.9 Å². The van der Waals surface area contributed by atoms with Crippen LogP contribution in [-0.2, 0) is 9.59 Å². The van der Waals surface area contributed by atoms with Gasteiger partial charge in [-0.05, 0) is 49.2 Å². The van der Waals surface area contributed by atoms with Crippen LogP contribution in [0, 0.1) is 0 Å². The first-order chi connectivity index (χ1) is 15.0. The van der Waals surface area contributed by atoms with Crippen LogP contribution < -0.4 is 20.9 Å². The molecule has 2 aromatic carbocycles. The Kier molecular flexibility index (Phi) is 4.90. The van der Waals surface area contributed by atoms with Crippen LogP contribution in [0.1, 0.15) is 36.8 Å². The summed E-state index contributed by atoms with van der Waals surface area (Å²) in [6.45, 7) is 3.03. The number of nitrogens with zero attached hydrogens (tertiary/aromatic N) is 1. The summed E-state index contributed by atoms with van der Waals surface area (Å²) in [6.07, 6.45) is 1.81. The summed E-state index contributed by atoms with van der Waals surface area (Å²) in [5.74, 6) is 0.977. The lowest BCUT2D eigenvalue weighted by atomic mass is 9.87. The van der Waals surface area contributed by atoms with E-state index in [1.165, 1.54) is 16.8 Å². The predicted molar refractivity (Wildman–Crippen MR) is 123 cm³/mol. The lowest BCUT2D eigenvalue weighted by Crippen LogP contribution is -2.43. The highest BCUT2D eigenvalue weighted by Crippen LogP contribution is 2.47. The summed E-state index contributed by atoms with van der Waals surface area (Å²) in [4.78, 5) is 30.2. The molecule has 3 heterocycles. The monoisotopic (exact) mass is 417 g/mol. The van der Waals surface area contributed by atoms with Gasteiger partial charge >= 0.3 is 0 Å². The zero-order valence-corrected chi connectivity index (χ0v) is 17.8. The molecule has 1 fully saturated rings. The van der Waals surface area contributed by atoms with E-state index in [1.807, 2.05) is 18.2 Å². The normalized spacial score (nSPS) is 19.7. The van der Waals surface area contributed by atoms with Crippen molar-refractivity contribution in [1.82, 2.24) is 15.6 Å². The number of carbonyl (C=O) groups is 2. The third-order valence-electron chi connectivity index (χ3n) is 6.43. The van der Waals surface area contributed by atoms with Gasteiger partial charge in [0.05, 0.1) is 12.6 Å². The van der Waals surface area contributed by atoms with Crippen LogP contribution in [0.2, 0.25) is 0 Å². The topological polar surface area (TPSA) is 89.3 Å². The number of H-pyrrole nitrogens is 1. The van der Waals surface area contributed by atoms with Crippen molar-refractivity contribution in [3.8, 4) is 0 Å². The second-order valence-electron chi connectivity index (χ2n) is 8.40. The Morgan fingerprint density at radius 1 is 1.19 bits per heavy atom. The van der Waals surface area contributed by atoms with E-state index in [9.17, 15) is 9.59 Å². The van der Waals surface area contributed by atoms with Crippen LogP contribution in [0.5, 0.6) is 0 Å². The standard InChI is InChI=1S/C24H27N5O2/c1-14-16-6-3-4-8-20(16)29(2)23-22(14)17-12-15(9-10-18(17)28-23)27-21(30)13-26-24(31)19-7-5-11-25-19/h3-4,6,8-10,12,14,19,25,28H,5,7,11,13H2,1-2H3,(H,26,31)(H,27,30)/t14?,19-/m0/s1. The van der Waals surface area contributed by atoms with E-state index >= 15 is 0 Å². The molecule has 1 unspecified atom stereocenters. The first-order valence-corrected chi connectivity index (χ1v) is 10.8. The van der Waals surface area contributed by atoms with E-state index < -0.39 is 0 Å². The minimum atomic E-state index is -0.231. The van der Waals surface area contributed by atoms with Gasteiger partial charge in [0, 0.05) is 40.8 Å². The molecule has 0 aliphatic carbocycles. The molecule has 5 rings (SSSR count). The molecule has 0 saturated carbocycles. The number of rotatable bonds is 4. The first-order valence-electron chi connectivity index (χ1n) is 10.8. The largest absolute Gasteiger partial charge is 0.346 e. The minimum Gasteiger partial charge on any atom is -0.346 e. The van der Waals surface area contributed by atoms with Gasteiger partial charge in [-0.15, -0.1) is 0 Å². The molecule has 0 radical (unpaired) electrons. The highest BCUT2D eigenvalue weighted by Gasteiger charge is 2.29. The Balaban J connectivity index is 1.36. The minimum absolute atomic E-state index is 0.0349. The third kappa shape index (κ3) is 3.45. The number of hydrogen-bond donors (Lipinski definition) is 4. The number of aromatic nitrogens is 1. The van der Waals surface area contributed by atoms with Crippen LogP contribution in [0.15, 0.2) is 42.5 Å². The number of nitrogens with one attached hydrogen (secondary N) is 4. The molecule has 2 amide bonds. The molecule has 7 nitrogen and oxygen atoms in total. The lowest BCUT2D eigenvalue weighted by Gasteiger charge is -2.31. The van der Waals surface area contributed by atoms with Gasteiger partial charge in [0.15, 0.2) is 0 Å². The maximum Gasteiger partial charge on any atom is 0.243 e. The average molecular weight is 418 g/mol. The molecule has 3 aromatic rings. The van der Waals surface area contributed by atoms with Crippen LogP contribution in [0.25, 0.3) is 10.9 Å². The zero-order valence-electron chi connectivity index (χ0n) is 17.8. The molecule has 7 heteroatoms. The molecule has 2 aliphatic rings. The molecule has 1 aromatic heterocycles. The number of carbonyl (C=O) groups excluding carboxylic acids is 2. The predicted octanol–water partition coefficient (Wildman–Crippen LogP) is 3.21. The fourth-order valence-electron chi connectivity index (χ4n) is 4.82. The fraction of sp³-hybridized carbons (Fsp3) is 0.333. The van der Waals surface area contributed by atoms with E-state index in [2.05, 4.69) is 64.1 Å². The van der Waals surface area contributed by atoms with Crippen molar-refractivity contribution in [2.45, 2.75) is 31.7 Å². The third-order valence-corrected chi connectivity index (χ3v) is 6.43. The van der Waals surface area contributed by atoms with Crippen LogP contribution >= 0.6 is 0 Å². The number of fused-ring (bicyclic) bond motifs is 4. The number of para-hydroxylation sites is 1. The van der Waals surface area contributed by atoms with Gasteiger partial charge in [0.2, 0.25) is 11.8 Å². The lowest BCUT2D eigenvalue weighted by molar-refractivity contribution is -0.125. The number of aromatic amines is 1. The summed E-state index contributed by atoms with van der Waals surface area (Å²) in [7, 11) is 2.07. The second kappa shape index (κ2) is 7.74. The molecule has 2 aliphatic heterocycles. The molecule has 1 saturated heterocycles. The fourth-order valence-corrected chi connectivity index (χ4v) is 4.82. The molecule has 0 spiro atoms. The molecular weight excluding hydrogens is 390 g/mol. The Bertz CT molecular complexity index is 1160. The molecular formula is C24H27N5O2. The molecule has 160 valence electrons. The van der Waals surface area contributed by atoms with Crippen LogP contribution in [-0.4, -0.2) is 43.0 Å². The molecule has 4 N–H and O–H groups in total. The average Bonchev–Trinajstić information content (AvgIpc) is 3.44. The van der Waals surface area contributed by atoms with Gasteiger partial charge in [0.25, 0.3) is 0 Å². The van der Waals surface area contributed by atoms with Gasteiger partial charge in [-0.1, -0.05) is 25.1 Å². The van der Waals surface area contributed by atoms with Gasteiger partial charge in [-0.25, -0.2) is 0 Å². The van der Waals surface area contributed by atoms with E-state index in [0.29, 0.717) is 0 Å². The van der Waals surface area contributed by atoms with E-state index in [0.717, 1.165) is 41.8 Å². The summed E-state index contributed by atoms with van der Waals surface area (Å²) < 4.78 is 0. The Hall–Kier alpha value is -3.32. The van der Waals surface area contributed by atoms with Crippen molar-refractivity contribution in [2.75, 3.05) is 30.4 Å². The first kappa shape index (κ1) is 19.6. The number of benzene rings is 2. The van der Waals surface area contributed by atoms with Crippen LogP contribution in [0.4, 0.5) is 17.2 Å².